The average molecular weight is 272 g/mol. The summed E-state index contributed by atoms with van der Waals surface area (Å²) in [5.74, 6) is 0. The third-order valence-corrected chi connectivity index (χ3v) is 3.43. The Labute approximate surface area is 112 Å². The van der Waals surface area contributed by atoms with Crippen LogP contribution in [0.15, 0.2) is 41.1 Å². The van der Waals surface area contributed by atoms with E-state index in [1.807, 2.05) is 13.8 Å². The first kappa shape index (κ1) is 15.5. The maximum Gasteiger partial charge on any atom is 0.416 e. The van der Waals surface area contributed by atoms with Gasteiger partial charge in [0.1, 0.15) is 0 Å². The first-order chi connectivity index (χ1) is 8.65. The van der Waals surface area contributed by atoms with Crippen molar-refractivity contribution in [2.75, 3.05) is 7.05 Å². The summed E-state index contributed by atoms with van der Waals surface area (Å²) >= 11 is 0. The van der Waals surface area contributed by atoms with Crippen molar-refractivity contribution in [2.45, 2.75) is 38.9 Å². The van der Waals surface area contributed by atoms with Crippen LogP contribution in [0.5, 0.6) is 0 Å². The van der Waals surface area contributed by atoms with E-state index in [0.717, 1.165) is 17.9 Å². The van der Waals surface area contributed by atoms with Crippen LogP contribution in [0.25, 0.3) is 0 Å². The van der Waals surface area contributed by atoms with E-state index in [1.165, 1.54) is 0 Å². The summed E-state index contributed by atoms with van der Waals surface area (Å²) < 4.78 is 38.4. The molecule has 0 spiro atoms. The van der Waals surface area contributed by atoms with E-state index in [0.29, 0.717) is 12.0 Å². The zero-order valence-corrected chi connectivity index (χ0v) is 11.7. The number of hydrazone groups is 1. The average Bonchev–Trinajstić information content (AvgIpc) is 2.52. The predicted octanol–water partition coefficient (Wildman–Crippen LogP) is 4.08. The largest absolute Gasteiger partial charge is 0.416 e. The van der Waals surface area contributed by atoms with E-state index in [4.69, 9.17) is 0 Å². The van der Waals surface area contributed by atoms with Gasteiger partial charge in [-0.2, -0.15) is 18.3 Å². The quantitative estimate of drug-likeness (QED) is 0.707. The van der Waals surface area contributed by atoms with Gasteiger partial charge in [0.15, 0.2) is 0 Å². The van der Waals surface area contributed by atoms with E-state index in [2.05, 4.69) is 11.7 Å². The van der Waals surface area contributed by atoms with Crippen molar-refractivity contribution >= 4 is 5.71 Å². The van der Waals surface area contributed by atoms with Gasteiger partial charge >= 0.3 is 6.18 Å². The predicted molar refractivity (Wildman–Crippen MR) is 72.0 cm³/mol. The number of likely N-dealkylation sites (N-methyl/N-ethyl adjacent to an activating group) is 1. The lowest BCUT2D eigenvalue weighted by Gasteiger charge is -2.33. The third-order valence-electron chi connectivity index (χ3n) is 3.43. The summed E-state index contributed by atoms with van der Waals surface area (Å²) in [5.41, 5.74) is 0.214. The van der Waals surface area contributed by atoms with Crippen molar-refractivity contribution in [3.63, 3.8) is 0 Å². The molecule has 0 aliphatic carbocycles. The van der Waals surface area contributed by atoms with Gasteiger partial charge in [-0.25, -0.2) is 0 Å². The maximum atomic E-state index is 12.8. The number of nitrogens with zero attached hydrogens (tertiary/aromatic N) is 2. The molecule has 0 amide bonds. The van der Waals surface area contributed by atoms with E-state index in [1.54, 1.807) is 25.1 Å². The van der Waals surface area contributed by atoms with E-state index >= 15 is 0 Å². The van der Waals surface area contributed by atoms with E-state index in [-0.39, 0.29) is 0 Å². The fourth-order valence-corrected chi connectivity index (χ4v) is 2.28. The van der Waals surface area contributed by atoms with Gasteiger partial charge in [-0.1, -0.05) is 18.7 Å². The van der Waals surface area contributed by atoms with E-state index in [9.17, 15) is 13.2 Å². The van der Waals surface area contributed by atoms with Gasteiger partial charge in [0.2, 0.25) is 0 Å². The first-order valence-corrected chi connectivity index (χ1v) is 6.01. The summed E-state index contributed by atoms with van der Waals surface area (Å²) in [6, 6.07) is 0. The summed E-state index contributed by atoms with van der Waals surface area (Å²) in [6.07, 6.45) is -0.0889. The van der Waals surface area contributed by atoms with Crippen LogP contribution < -0.4 is 0 Å². The summed E-state index contributed by atoms with van der Waals surface area (Å²) in [7, 11) is 1.77. The Morgan fingerprint density at radius 3 is 2.37 bits per heavy atom. The zero-order chi connectivity index (χ0) is 14.8. The highest BCUT2D eigenvalue weighted by molar-refractivity contribution is 5.85. The van der Waals surface area contributed by atoms with Crippen LogP contribution >= 0.6 is 0 Å². The lowest BCUT2D eigenvalue weighted by molar-refractivity contribution is -0.0882. The Balaban J connectivity index is 3.18. The lowest BCUT2D eigenvalue weighted by atomic mass is 9.85. The Bertz CT molecular complexity index is 458. The second-order valence-electron chi connectivity index (χ2n) is 4.86. The van der Waals surface area contributed by atoms with Gasteiger partial charge in [-0.05, 0) is 32.4 Å². The molecule has 0 fully saturated rings. The Hall–Kier alpha value is -1.52. The Kier molecular flexibility index (Phi) is 4.28. The third kappa shape index (κ3) is 3.08. The molecule has 0 aromatic rings. The van der Waals surface area contributed by atoms with Crippen LogP contribution in [0.1, 0.15) is 27.2 Å². The molecule has 1 heterocycles. The summed E-state index contributed by atoms with van der Waals surface area (Å²) in [4.78, 5) is 0. The molecule has 2 nitrogen and oxygen atoms in total. The number of halogens is 3. The highest BCUT2D eigenvalue weighted by atomic mass is 19.4. The van der Waals surface area contributed by atoms with Gasteiger partial charge in [-0.3, -0.25) is 5.01 Å². The normalized spacial score (nSPS) is 25.6. The fourth-order valence-electron chi connectivity index (χ4n) is 2.28. The van der Waals surface area contributed by atoms with E-state index < -0.39 is 17.3 Å². The van der Waals surface area contributed by atoms with Crippen LogP contribution in [0.3, 0.4) is 0 Å². The molecule has 0 aromatic heterocycles. The van der Waals surface area contributed by atoms with Crippen LogP contribution in [-0.4, -0.2) is 29.5 Å². The lowest BCUT2D eigenvalue weighted by Crippen LogP contribution is -2.38. The number of rotatable bonds is 3. The molecule has 0 aromatic carbocycles. The highest BCUT2D eigenvalue weighted by Crippen LogP contribution is 2.36. The van der Waals surface area contributed by atoms with Gasteiger partial charge in [0.05, 0.1) is 11.1 Å². The molecule has 0 bridgehead atoms. The second kappa shape index (κ2) is 5.23. The number of alkyl halides is 3. The van der Waals surface area contributed by atoms with Crippen molar-refractivity contribution in [2.24, 2.45) is 5.10 Å². The molecule has 0 N–H and O–H groups in total. The Morgan fingerprint density at radius 1 is 1.47 bits per heavy atom. The molecule has 1 aliphatic rings. The monoisotopic (exact) mass is 272 g/mol. The molecule has 1 rings (SSSR count). The van der Waals surface area contributed by atoms with Gasteiger partial charge in [0, 0.05) is 19.2 Å². The molecular formula is C14H19F3N2. The first-order valence-electron chi connectivity index (χ1n) is 6.01. The standard InChI is InChI=1S/C14H19F3N2/c1-6-11(8-12(7-2)14(15,16)17)13(4)9-10(3)18-19(13)5/h6-8H,2,9H2,1,3-5H3/b11-6+,12-8+. The van der Waals surface area contributed by atoms with Crippen molar-refractivity contribution < 1.29 is 13.2 Å². The molecule has 0 saturated heterocycles. The molecule has 1 aliphatic heterocycles. The minimum Gasteiger partial charge on any atom is -0.290 e. The smallest absolute Gasteiger partial charge is 0.290 e. The number of hydrogen-bond donors (Lipinski definition) is 0. The maximum absolute atomic E-state index is 12.8. The van der Waals surface area contributed by atoms with Crippen LogP contribution in [-0.2, 0) is 0 Å². The second-order valence-corrected chi connectivity index (χ2v) is 4.86. The van der Waals surface area contributed by atoms with Crippen molar-refractivity contribution in [3.05, 3.63) is 36.0 Å². The van der Waals surface area contributed by atoms with Gasteiger partial charge in [-0.15, -0.1) is 0 Å². The molecule has 0 saturated carbocycles. The van der Waals surface area contributed by atoms with Crippen molar-refractivity contribution in [1.82, 2.24) is 5.01 Å². The Morgan fingerprint density at radius 2 is 2.05 bits per heavy atom. The highest BCUT2D eigenvalue weighted by Gasteiger charge is 2.39. The molecular weight excluding hydrogens is 253 g/mol. The number of hydrogen-bond acceptors (Lipinski definition) is 2. The minimum absolute atomic E-state index is 0.543. The molecule has 5 heteroatoms. The zero-order valence-electron chi connectivity index (χ0n) is 11.7. The summed E-state index contributed by atoms with van der Waals surface area (Å²) in [5, 5.41) is 5.99. The molecule has 19 heavy (non-hydrogen) atoms. The SMILES string of the molecule is C=C/C(=C\C(=C/C)C1(C)CC(C)=NN1C)C(F)(F)F. The minimum atomic E-state index is -4.39. The molecule has 106 valence electrons. The van der Waals surface area contributed by atoms with Crippen LogP contribution in [0, 0.1) is 0 Å². The molecule has 1 unspecified atom stereocenters. The summed E-state index contributed by atoms with van der Waals surface area (Å²) in [6.45, 7) is 8.73. The van der Waals surface area contributed by atoms with Crippen molar-refractivity contribution in [1.29, 1.82) is 0 Å². The van der Waals surface area contributed by atoms with Gasteiger partial charge in [0.25, 0.3) is 0 Å². The van der Waals surface area contributed by atoms with Gasteiger partial charge < -0.3 is 0 Å². The molecule has 0 radical (unpaired) electrons. The number of allylic oxidation sites excluding steroid dienone is 3. The molecule has 1 atom stereocenters. The fraction of sp³-hybridized carbons (Fsp3) is 0.500. The van der Waals surface area contributed by atoms with Crippen LogP contribution in [0.2, 0.25) is 0 Å². The van der Waals surface area contributed by atoms with Crippen molar-refractivity contribution in [3.8, 4) is 0 Å². The van der Waals surface area contributed by atoms with Crippen LogP contribution in [0.4, 0.5) is 13.2 Å². The topological polar surface area (TPSA) is 15.6 Å².